The van der Waals surface area contributed by atoms with E-state index < -0.39 is 7.12 Å². The highest BCUT2D eigenvalue weighted by Gasteiger charge is 2.15. The maximum absolute atomic E-state index is 13.4. The van der Waals surface area contributed by atoms with Crippen LogP contribution in [0.4, 0.5) is 20.4 Å². The number of hydrogen-bond donors (Lipinski definition) is 6. The van der Waals surface area contributed by atoms with Gasteiger partial charge in [-0.1, -0.05) is 66.1 Å². The highest BCUT2D eigenvalue weighted by molar-refractivity contribution is 14.0. The Kier molecular flexibility index (Phi) is 23.2. The molecule has 17 heteroatoms. The van der Waals surface area contributed by atoms with Crippen molar-refractivity contribution in [2.75, 3.05) is 23.7 Å². The maximum atomic E-state index is 13.4. The SMILES string of the molecule is C/C=C/B(O)O.C/C=C/c1ccc(C(=O)NCc2cccnc2)c(NCCc2cccc(F)c2)n1.I.O=C(NCc1cccnc1)c1ccc(Cl)nc1NCCc1cccc(F)c1. The van der Waals surface area contributed by atoms with E-state index in [1.54, 1.807) is 74.2 Å². The van der Waals surface area contributed by atoms with Gasteiger partial charge in [0.1, 0.15) is 28.4 Å². The zero-order chi connectivity index (χ0) is 44.5. The summed E-state index contributed by atoms with van der Waals surface area (Å²) in [6, 6.07) is 27.0. The second-order valence-electron chi connectivity index (χ2n) is 13.3. The topological polar surface area (TPSA) is 174 Å². The first-order chi connectivity index (χ1) is 30.0. The minimum atomic E-state index is -1.28. The van der Waals surface area contributed by atoms with Gasteiger partial charge in [0.2, 0.25) is 0 Å². The summed E-state index contributed by atoms with van der Waals surface area (Å²) in [6.07, 6.45) is 13.3. The maximum Gasteiger partial charge on any atom is 0.480 e. The van der Waals surface area contributed by atoms with E-state index in [1.807, 2.05) is 55.5 Å². The van der Waals surface area contributed by atoms with E-state index >= 15 is 0 Å². The third-order valence-corrected chi connectivity index (χ3v) is 8.72. The second-order valence-corrected chi connectivity index (χ2v) is 13.7. The number of aromatic nitrogens is 4. The fraction of sp³-hybridized carbons (Fsp3) is 0.174. The van der Waals surface area contributed by atoms with Gasteiger partial charge in [0.25, 0.3) is 11.8 Å². The normalized spacial score (nSPS) is 10.4. The highest BCUT2D eigenvalue weighted by Crippen LogP contribution is 2.18. The molecule has 6 rings (SSSR count). The molecule has 0 aliphatic heterocycles. The first-order valence-electron chi connectivity index (χ1n) is 19.6. The smallest absolute Gasteiger partial charge is 0.424 e. The van der Waals surface area contributed by atoms with Crippen molar-refractivity contribution in [2.45, 2.75) is 39.8 Å². The molecule has 328 valence electrons. The van der Waals surface area contributed by atoms with Gasteiger partial charge < -0.3 is 31.3 Å². The zero-order valence-electron chi connectivity index (χ0n) is 34.7. The fourth-order valence-corrected chi connectivity index (χ4v) is 5.72. The van der Waals surface area contributed by atoms with Crippen LogP contribution in [-0.4, -0.2) is 62.0 Å². The Bertz CT molecular complexity index is 2380. The summed E-state index contributed by atoms with van der Waals surface area (Å²) < 4.78 is 26.6. The molecule has 2 amide bonds. The molecule has 12 nitrogen and oxygen atoms in total. The van der Waals surface area contributed by atoms with Crippen molar-refractivity contribution in [2.24, 2.45) is 0 Å². The summed E-state index contributed by atoms with van der Waals surface area (Å²) in [5.41, 5.74) is 5.15. The van der Waals surface area contributed by atoms with E-state index in [0.29, 0.717) is 61.8 Å². The summed E-state index contributed by atoms with van der Waals surface area (Å²) in [5, 5.41) is 28.4. The van der Waals surface area contributed by atoms with Gasteiger partial charge >= 0.3 is 7.12 Å². The number of rotatable bonds is 16. The largest absolute Gasteiger partial charge is 0.480 e. The molecule has 0 fully saturated rings. The van der Waals surface area contributed by atoms with Crippen LogP contribution in [0, 0.1) is 11.6 Å². The lowest BCUT2D eigenvalue weighted by molar-refractivity contribution is 0.0943. The Hall–Kier alpha value is -6.08. The van der Waals surface area contributed by atoms with Crippen molar-refractivity contribution in [1.29, 1.82) is 0 Å². The molecule has 0 aliphatic rings. The molecule has 63 heavy (non-hydrogen) atoms. The van der Waals surface area contributed by atoms with E-state index in [2.05, 4.69) is 41.2 Å². The number of anilines is 2. The molecule has 0 aliphatic carbocycles. The van der Waals surface area contributed by atoms with E-state index in [9.17, 15) is 18.4 Å². The van der Waals surface area contributed by atoms with Crippen LogP contribution in [0.5, 0.6) is 0 Å². The van der Waals surface area contributed by atoms with Crippen LogP contribution in [0.15, 0.2) is 140 Å². The van der Waals surface area contributed by atoms with Gasteiger partial charge in [-0.3, -0.25) is 19.6 Å². The second kappa shape index (κ2) is 28.5. The predicted molar refractivity (Wildman–Crippen MR) is 257 cm³/mol. The van der Waals surface area contributed by atoms with Gasteiger partial charge in [-0.2, -0.15) is 0 Å². The van der Waals surface area contributed by atoms with Crippen LogP contribution in [0.1, 0.15) is 62.5 Å². The Labute approximate surface area is 388 Å². The molecule has 6 aromatic rings. The molecule has 6 N–H and O–H groups in total. The number of hydrogen-bond acceptors (Lipinski definition) is 10. The van der Waals surface area contributed by atoms with Crippen molar-refractivity contribution in [3.05, 3.63) is 196 Å². The molecule has 0 atom stereocenters. The Balaban J connectivity index is 0.000000293. The number of allylic oxidation sites excluding steroid dienone is 2. The van der Waals surface area contributed by atoms with Crippen LogP contribution in [0.3, 0.4) is 0 Å². The standard InChI is InChI=1S/C23H23FN4O.C20H18ClFN4O.C3H7BO2.HI/c1-2-5-20-9-10-21(23(29)27-16-18-7-4-12-25-15-18)22(28-20)26-13-11-17-6-3-8-19(24)14-17;21-18-7-6-17(20(27)25-13-15-4-2-9-23-12-15)19(26-18)24-10-8-14-3-1-5-16(22)11-14;1-2-3-4(5)6;/h2-10,12,14-15H,11,13,16H2,1H3,(H,26,28)(H,27,29);1-7,9,11-12H,8,10,13H2,(H,24,26)(H,25,27);2-3,5-6H,1H3;1H/b5-2+;;3-2+;. The average Bonchev–Trinajstić information content (AvgIpc) is 3.26. The number of carbonyl (C=O) groups is 2. The highest BCUT2D eigenvalue weighted by atomic mass is 127. The molecule has 4 aromatic heterocycles. The minimum Gasteiger partial charge on any atom is -0.424 e. The molecular weight excluding hydrogens is 940 g/mol. The summed E-state index contributed by atoms with van der Waals surface area (Å²) in [4.78, 5) is 42.0. The Morgan fingerprint density at radius 1 is 0.667 bits per heavy atom. The Morgan fingerprint density at radius 3 is 1.59 bits per heavy atom. The van der Waals surface area contributed by atoms with E-state index in [4.69, 9.17) is 21.6 Å². The summed E-state index contributed by atoms with van der Waals surface area (Å²) in [7, 11) is -1.28. The van der Waals surface area contributed by atoms with Crippen LogP contribution in [-0.2, 0) is 25.9 Å². The first-order valence-corrected chi connectivity index (χ1v) is 20.0. The lowest BCUT2D eigenvalue weighted by atomic mass is 9.92. The summed E-state index contributed by atoms with van der Waals surface area (Å²) in [6.45, 7) is 5.38. The van der Waals surface area contributed by atoms with Gasteiger partial charge in [-0.15, -0.1) is 24.0 Å². The van der Waals surface area contributed by atoms with Gasteiger partial charge in [-0.05, 0) is 116 Å². The minimum absolute atomic E-state index is 0. The van der Waals surface area contributed by atoms with Gasteiger partial charge in [-0.25, -0.2) is 18.7 Å². The number of carbonyl (C=O) groups excluding carboxylic acids is 2. The number of nitrogens with one attached hydrogen (secondary N) is 4. The van der Waals surface area contributed by atoms with Gasteiger partial charge in [0.15, 0.2) is 0 Å². The molecule has 0 saturated heterocycles. The number of amides is 2. The number of benzene rings is 2. The van der Waals surface area contributed by atoms with E-state index in [1.165, 1.54) is 30.2 Å². The van der Waals surface area contributed by atoms with Crippen molar-refractivity contribution >= 4 is 72.2 Å². The third-order valence-electron chi connectivity index (χ3n) is 8.51. The monoisotopic (exact) mass is 988 g/mol. The summed E-state index contributed by atoms with van der Waals surface area (Å²) in [5.74, 6) is 1.15. The molecular formula is C46H49BClF2IN8O4. The van der Waals surface area contributed by atoms with E-state index in [0.717, 1.165) is 27.9 Å². The van der Waals surface area contributed by atoms with Crippen LogP contribution >= 0.6 is 35.6 Å². The van der Waals surface area contributed by atoms with Crippen LogP contribution < -0.4 is 21.3 Å². The predicted octanol–water partition coefficient (Wildman–Crippen LogP) is 8.28. The molecule has 0 radical (unpaired) electrons. The first kappa shape index (κ1) is 51.3. The Morgan fingerprint density at radius 2 is 1.16 bits per heavy atom. The fourth-order valence-electron chi connectivity index (χ4n) is 5.58. The van der Waals surface area contributed by atoms with Crippen LogP contribution in [0.2, 0.25) is 5.15 Å². The molecule has 0 unspecified atom stereocenters. The van der Waals surface area contributed by atoms with Gasteiger partial charge in [0, 0.05) is 51.0 Å². The molecule has 2 aromatic carbocycles. The molecule has 4 heterocycles. The number of nitrogens with zero attached hydrogens (tertiary/aromatic N) is 4. The van der Waals surface area contributed by atoms with E-state index in [-0.39, 0.29) is 52.6 Å². The molecule has 0 spiro atoms. The average molecular weight is 989 g/mol. The molecule has 0 bridgehead atoms. The van der Waals surface area contributed by atoms with Crippen molar-refractivity contribution in [1.82, 2.24) is 30.6 Å². The van der Waals surface area contributed by atoms with Crippen molar-refractivity contribution in [3.63, 3.8) is 0 Å². The number of halogens is 4. The van der Waals surface area contributed by atoms with Crippen LogP contribution in [0.25, 0.3) is 6.08 Å². The summed E-state index contributed by atoms with van der Waals surface area (Å²) >= 11 is 5.97. The van der Waals surface area contributed by atoms with Crippen molar-refractivity contribution < 1.29 is 28.4 Å². The zero-order valence-corrected chi connectivity index (χ0v) is 37.8. The van der Waals surface area contributed by atoms with Gasteiger partial charge in [0.05, 0.1) is 16.8 Å². The van der Waals surface area contributed by atoms with Crippen molar-refractivity contribution in [3.8, 4) is 0 Å². The lowest BCUT2D eigenvalue weighted by Crippen LogP contribution is -2.25. The third kappa shape index (κ3) is 19.2. The quantitative estimate of drug-likeness (QED) is 0.0315. The lowest BCUT2D eigenvalue weighted by Gasteiger charge is -2.12. The number of pyridine rings is 4. The molecule has 0 saturated carbocycles.